The van der Waals surface area contributed by atoms with Crippen LogP contribution >= 0.6 is 0 Å². The van der Waals surface area contributed by atoms with Crippen molar-refractivity contribution in [1.82, 2.24) is 0 Å². The second-order valence-electron chi connectivity index (χ2n) is 5.34. The van der Waals surface area contributed by atoms with Gasteiger partial charge in [-0.25, -0.2) is 4.79 Å². The first-order valence-corrected chi connectivity index (χ1v) is 7.61. The lowest BCUT2D eigenvalue weighted by molar-refractivity contribution is -0.139. The minimum Gasteiger partial charge on any atom is -0.492 e. The molecular weight excluding hydrogens is 302 g/mol. The second kappa shape index (κ2) is 9.54. The zero-order chi connectivity index (χ0) is 17.3. The summed E-state index contributed by atoms with van der Waals surface area (Å²) in [5.41, 5.74) is 5.75. The van der Waals surface area contributed by atoms with E-state index in [2.05, 4.69) is 0 Å². The lowest BCUT2D eigenvalue weighted by atomic mass is 9.84. The van der Waals surface area contributed by atoms with Gasteiger partial charge in [0.1, 0.15) is 19.0 Å². The van der Waals surface area contributed by atoms with Crippen LogP contribution in [0.2, 0.25) is 0 Å². The van der Waals surface area contributed by atoms with Crippen molar-refractivity contribution in [2.24, 2.45) is 5.73 Å². The van der Waals surface area contributed by atoms with E-state index >= 15 is 0 Å². The Kier molecular flexibility index (Phi) is 8.08. The van der Waals surface area contributed by atoms with Crippen molar-refractivity contribution in [3.63, 3.8) is 0 Å². The van der Waals surface area contributed by atoms with Crippen molar-refractivity contribution in [3.05, 3.63) is 23.2 Å². The topological polar surface area (TPSA) is 89.2 Å². The summed E-state index contributed by atoms with van der Waals surface area (Å²) in [6, 6.07) is 0. The first-order chi connectivity index (χ1) is 11.0. The summed E-state index contributed by atoms with van der Waals surface area (Å²) in [5, 5.41) is 0. The van der Waals surface area contributed by atoms with E-state index in [0.717, 1.165) is 0 Å². The maximum Gasteiger partial charge on any atom is 0.336 e. The molecular formula is C16H27NO6. The highest BCUT2D eigenvalue weighted by molar-refractivity contribution is 5.92. The molecule has 132 valence electrons. The number of ether oxygens (including phenoxy) is 5. The second-order valence-corrected chi connectivity index (χ2v) is 5.34. The van der Waals surface area contributed by atoms with Crippen LogP contribution in [0.4, 0.5) is 0 Å². The number of carbonyl (C=O) groups is 1. The van der Waals surface area contributed by atoms with E-state index < -0.39 is 11.5 Å². The van der Waals surface area contributed by atoms with Gasteiger partial charge in [0.15, 0.2) is 5.76 Å². The monoisotopic (exact) mass is 329 g/mol. The molecule has 0 aliphatic heterocycles. The van der Waals surface area contributed by atoms with Crippen LogP contribution in [0.25, 0.3) is 0 Å². The molecule has 1 rings (SSSR count). The summed E-state index contributed by atoms with van der Waals surface area (Å²) in [6.07, 6.45) is 1.93. The van der Waals surface area contributed by atoms with Gasteiger partial charge in [-0.15, -0.1) is 0 Å². The van der Waals surface area contributed by atoms with Crippen LogP contribution in [0.1, 0.15) is 20.3 Å². The first kappa shape index (κ1) is 19.5. The van der Waals surface area contributed by atoms with Gasteiger partial charge in [0, 0.05) is 20.6 Å². The van der Waals surface area contributed by atoms with E-state index in [1.165, 1.54) is 0 Å². The summed E-state index contributed by atoms with van der Waals surface area (Å²) in [6.45, 7) is 5.40. The SMILES string of the molecule is CCOC(=O)C1=CC(OCCOC)=C(OCCOC)CC1(C)N. The van der Waals surface area contributed by atoms with Crippen molar-refractivity contribution in [2.45, 2.75) is 25.8 Å². The molecule has 1 atom stereocenters. The van der Waals surface area contributed by atoms with Crippen molar-refractivity contribution < 1.29 is 28.5 Å². The Morgan fingerprint density at radius 1 is 1.17 bits per heavy atom. The zero-order valence-electron chi connectivity index (χ0n) is 14.3. The fraction of sp³-hybridized carbons (Fsp3) is 0.688. The van der Waals surface area contributed by atoms with Crippen molar-refractivity contribution in [1.29, 1.82) is 0 Å². The number of allylic oxidation sites excluding steroid dienone is 1. The highest BCUT2D eigenvalue weighted by Gasteiger charge is 2.37. The minimum atomic E-state index is -0.886. The molecule has 1 aliphatic carbocycles. The molecule has 23 heavy (non-hydrogen) atoms. The summed E-state index contributed by atoms with van der Waals surface area (Å²) in [7, 11) is 3.19. The normalized spacial score (nSPS) is 21.0. The van der Waals surface area contributed by atoms with E-state index in [1.807, 2.05) is 0 Å². The number of methoxy groups -OCH3 is 2. The van der Waals surface area contributed by atoms with Crippen molar-refractivity contribution in [2.75, 3.05) is 47.3 Å². The number of carbonyl (C=O) groups excluding carboxylic acids is 1. The van der Waals surface area contributed by atoms with Crippen molar-refractivity contribution >= 4 is 5.97 Å². The molecule has 0 fully saturated rings. The molecule has 0 spiro atoms. The van der Waals surface area contributed by atoms with E-state index in [4.69, 9.17) is 29.4 Å². The average molecular weight is 329 g/mol. The maximum atomic E-state index is 12.1. The van der Waals surface area contributed by atoms with E-state index in [9.17, 15) is 4.79 Å². The van der Waals surface area contributed by atoms with Crippen molar-refractivity contribution in [3.8, 4) is 0 Å². The Hall–Kier alpha value is -1.57. The third-order valence-electron chi connectivity index (χ3n) is 3.30. The quantitative estimate of drug-likeness (QED) is 0.475. The highest BCUT2D eigenvalue weighted by atomic mass is 16.5. The molecule has 0 bridgehead atoms. The highest BCUT2D eigenvalue weighted by Crippen LogP contribution is 2.32. The third kappa shape index (κ3) is 5.85. The molecule has 0 radical (unpaired) electrons. The summed E-state index contributed by atoms with van der Waals surface area (Å²) < 4.78 is 26.4. The molecule has 0 aromatic rings. The summed E-state index contributed by atoms with van der Waals surface area (Å²) in [4.78, 5) is 12.1. The molecule has 7 nitrogen and oxygen atoms in total. The molecule has 0 amide bonds. The molecule has 0 aromatic heterocycles. The lowest BCUT2D eigenvalue weighted by Crippen LogP contribution is -2.44. The molecule has 0 saturated heterocycles. The van der Waals surface area contributed by atoms with Gasteiger partial charge in [-0.2, -0.15) is 0 Å². The summed E-state index contributed by atoms with van der Waals surface area (Å²) in [5.74, 6) is 0.626. The fourth-order valence-electron chi connectivity index (χ4n) is 2.12. The molecule has 1 unspecified atom stereocenters. The Morgan fingerprint density at radius 3 is 2.35 bits per heavy atom. The van der Waals surface area contributed by atoms with Crippen LogP contribution in [-0.4, -0.2) is 58.8 Å². The number of hydrogen-bond acceptors (Lipinski definition) is 7. The maximum absolute atomic E-state index is 12.1. The summed E-state index contributed by atoms with van der Waals surface area (Å²) >= 11 is 0. The number of esters is 1. The van der Waals surface area contributed by atoms with Gasteiger partial charge < -0.3 is 29.4 Å². The van der Waals surface area contributed by atoms with Crippen LogP contribution in [0.15, 0.2) is 23.2 Å². The fourth-order valence-corrected chi connectivity index (χ4v) is 2.12. The average Bonchev–Trinajstić information content (AvgIpc) is 2.49. The standard InChI is InChI=1S/C16H27NO6/c1-5-21-15(18)12-10-13(22-8-6-19-3)14(11-16(12,2)17)23-9-7-20-4/h10H,5-9,11,17H2,1-4H3. The number of rotatable bonds is 10. The lowest BCUT2D eigenvalue weighted by Gasteiger charge is -2.32. The van der Waals surface area contributed by atoms with E-state index in [-0.39, 0.29) is 6.61 Å². The van der Waals surface area contributed by atoms with Gasteiger partial charge in [0.2, 0.25) is 0 Å². The molecule has 2 N–H and O–H groups in total. The van der Waals surface area contributed by atoms with Crippen LogP contribution < -0.4 is 5.73 Å². The Bertz CT molecular complexity index is 455. The van der Waals surface area contributed by atoms with Crippen LogP contribution in [0.3, 0.4) is 0 Å². The van der Waals surface area contributed by atoms with Crippen LogP contribution in [0.5, 0.6) is 0 Å². The van der Waals surface area contributed by atoms with Crippen LogP contribution in [-0.2, 0) is 28.5 Å². The molecule has 0 heterocycles. The van der Waals surface area contributed by atoms with Gasteiger partial charge in [-0.1, -0.05) is 0 Å². The Labute approximate surface area is 137 Å². The number of hydrogen-bond donors (Lipinski definition) is 1. The van der Waals surface area contributed by atoms with Gasteiger partial charge in [-0.3, -0.25) is 0 Å². The van der Waals surface area contributed by atoms with Gasteiger partial charge in [0.25, 0.3) is 0 Å². The predicted molar refractivity (Wildman–Crippen MR) is 84.6 cm³/mol. The predicted octanol–water partition coefficient (Wildman–Crippen LogP) is 1.13. The smallest absolute Gasteiger partial charge is 0.336 e. The Morgan fingerprint density at radius 2 is 1.78 bits per heavy atom. The Balaban J connectivity index is 3.00. The van der Waals surface area contributed by atoms with Gasteiger partial charge >= 0.3 is 5.97 Å². The molecule has 7 heteroatoms. The molecule has 0 aromatic carbocycles. The zero-order valence-corrected chi connectivity index (χ0v) is 14.3. The van der Waals surface area contributed by atoms with Crippen LogP contribution in [0, 0.1) is 0 Å². The van der Waals surface area contributed by atoms with Gasteiger partial charge in [0.05, 0.1) is 30.9 Å². The third-order valence-corrected chi connectivity index (χ3v) is 3.30. The minimum absolute atomic E-state index is 0.285. The van der Waals surface area contributed by atoms with E-state index in [1.54, 1.807) is 34.1 Å². The van der Waals surface area contributed by atoms with E-state index in [0.29, 0.717) is 49.9 Å². The molecule has 1 aliphatic rings. The molecule has 0 saturated carbocycles. The first-order valence-electron chi connectivity index (χ1n) is 7.61. The van der Waals surface area contributed by atoms with Gasteiger partial charge in [-0.05, 0) is 19.9 Å². The number of nitrogens with two attached hydrogens (primary N) is 1. The largest absolute Gasteiger partial charge is 0.492 e.